The van der Waals surface area contributed by atoms with E-state index in [1.807, 2.05) is 0 Å². The second-order valence-electron chi connectivity index (χ2n) is 28.1. The standard InChI is InChI=1S/C70H80BN3/c1-64(2,3)47-29-26-45(27-30-47)46-28-33-58-55(38-46)69(14)34-19-20-35-70(69,15)74(58)52-41-61-63-62(42-52)73(51-25-21-22-48(39-51)65(4,5)6)59-40-49(66(7,8)9)31-32-56(59)71(63)57-43-53-54(68(12,13)37-36-67(53,10)11)44-60(57)72(61)50-23-17-16-18-24-50/h16-18,21-33,38-44H,19-20,34-37H2,1-15H3. The first-order valence-electron chi connectivity index (χ1n) is 28.1. The van der Waals surface area contributed by atoms with E-state index in [9.17, 15) is 0 Å². The van der Waals surface area contributed by atoms with Crippen LogP contribution in [0.4, 0.5) is 45.5 Å². The van der Waals surface area contributed by atoms with Gasteiger partial charge in [0.2, 0.25) is 0 Å². The fraction of sp³-hybridized carbons (Fsp3) is 0.400. The second-order valence-corrected chi connectivity index (χ2v) is 28.1. The zero-order valence-electron chi connectivity index (χ0n) is 47.4. The Kier molecular flexibility index (Phi) is 10.7. The number of hydrogen-bond acceptors (Lipinski definition) is 3. The number of fused-ring (bicyclic) bond motifs is 8. The van der Waals surface area contributed by atoms with Gasteiger partial charge in [-0.25, -0.2) is 0 Å². The molecule has 4 heteroatoms. The van der Waals surface area contributed by atoms with E-state index in [1.165, 1.54) is 132 Å². The smallest absolute Gasteiger partial charge is 0.252 e. The van der Waals surface area contributed by atoms with Gasteiger partial charge in [0.05, 0.1) is 5.54 Å². The normalized spacial score (nSPS) is 21.3. The first-order chi connectivity index (χ1) is 34.8. The molecule has 3 heterocycles. The summed E-state index contributed by atoms with van der Waals surface area (Å²) < 4.78 is 0. The molecule has 0 N–H and O–H groups in total. The maximum atomic E-state index is 2.84. The zero-order chi connectivity index (χ0) is 52.3. The van der Waals surface area contributed by atoms with Crippen molar-refractivity contribution in [1.82, 2.24) is 0 Å². The van der Waals surface area contributed by atoms with Gasteiger partial charge in [0.15, 0.2) is 0 Å². The highest BCUT2D eigenvalue weighted by atomic mass is 15.3. The van der Waals surface area contributed by atoms with Gasteiger partial charge in [0, 0.05) is 50.9 Å². The molecule has 2 unspecified atom stereocenters. The van der Waals surface area contributed by atoms with Crippen molar-refractivity contribution in [3.63, 3.8) is 0 Å². The molecule has 0 bridgehead atoms. The summed E-state index contributed by atoms with van der Waals surface area (Å²) in [5.74, 6) is 0. The Labute approximate surface area is 445 Å². The van der Waals surface area contributed by atoms with Crippen LogP contribution < -0.4 is 31.1 Å². The molecule has 0 spiro atoms. The van der Waals surface area contributed by atoms with Gasteiger partial charge < -0.3 is 14.7 Å². The quantitative estimate of drug-likeness (QED) is 0.163. The SMILES string of the molecule is CC(C)(C)c1ccc(-c2ccc3c(c2)C2(C)CCCCC2(C)N3c2cc3c4c(c2)N(c2ccccc2)c2cc5c(cc2B4c2ccc(C(C)(C)C)cc2N3c2cccc(C(C)(C)C)c2)C(C)(C)CCC5(C)C)cc1. The van der Waals surface area contributed by atoms with Crippen LogP contribution in [0.5, 0.6) is 0 Å². The Morgan fingerprint density at radius 1 is 0.392 bits per heavy atom. The molecule has 3 aliphatic heterocycles. The van der Waals surface area contributed by atoms with Crippen LogP contribution in [-0.4, -0.2) is 12.3 Å². The van der Waals surface area contributed by atoms with Gasteiger partial charge in [-0.05, 0) is 181 Å². The molecule has 2 aliphatic carbocycles. The fourth-order valence-corrected chi connectivity index (χ4v) is 14.4. The maximum Gasteiger partial charge on any atom is 0.252 e. The molecule has 1 fully saturated rings. The van der Waals surface area contributed by atoms with E-state index < -0.39 is 0 Å². The first kappa shape index (κ1) is 48.9. The summed E-state index contributed by atoms with van der Waals surface area (Å²) in [4.78, 5) is 8.19. The minimum atomic E-state index is -0.162. The van der Waals surface area contributed by atoms with Gasteiger partial charge in [-0.2, -0.15) is 0 Å². The van der Waals surface area contributed by atoms with Crippen molar-refractivity contribution < 1.29 is 0 Å². The van der Waals surface area contributed by atoms with Crippen molar-refractivity contribution >= 4 is 68.6 Å². The third kappa shape index (κ3) is 7.33. The van der Waals surface area contributed by atoms with E-state index in [0.29, 0.717) is 0 Å². The molecule has 0 radical (unpaired) electrons. The van der Waals surface area contributed by atoms with E-state index in [0.717, 1.165) is 12.8 Å². The second kappa shape index (κ2) is 16.3. The largest absolute Gasteiger partial charge is 0.334 e. The Bertz CT molecular complexity index is 3390. The van der Waals surface area contributed by atoms with Crippen molar-refractivity contribution in [3.8, 4) is 11.1 Å². The third-order valence-corrected chi connectivity index (χ3v) is 19.3. The van der Waals surface area contributed by atoms with E-state index in [4.69, 9.17) is 0 Å². The van der Waals surface area contributed by atoms with Crippen LogP contribution in [0.1, 0.15) is 176 Å². The van der Waals surface area contributed by atoms with E-state index >= 15 is 0 Å². The highest BCUT2D eigenvalue weighted by molar-refractivity contribution is 7.00. The number of benzene rings is 7. The number of nitrogens with zero attached hydrogens (tertiary/aromatic N) is 3. The number of rotatable bonds is 4. The summed E-state index contributed by atoms with van der Waals surface area (Å²) >= 11 is 0. The Balaban J connectivity index is 1.18. The van der Waals surface area contributed by atoms with Gasteiger partial charge in [0.1, 0.15) is 0 Å². The highest BCUT2D eigenvalue weighted by Crippen LogP contribution is 2.62. The highest BCUT2D eigenvalue weighted by Gasteiger charge is 2.58. The molecule has 378 valence electrons. The predicted octanol–water partition coefficient (Wildman–Crippen LogP) is 17.4. The lowest BCUT2D eigenvalue weighted by atomic mass is 9.33. The lowest BCUT2D eigenvalue weighted by Crippen LogP contribution is -2.62. The van der Waals surface area contributed by atoms with Gasteiger partial charge in [0.25, 0.3) is 6.71 Å². The van der Waals surface area contributed by atoms with Gasteiger partial charge >= 0.3 is 0 Å². The van der Waals surface area contributed by atoms with Crippen LogP contribution in [0, 0.1) is 0 Å². The molecular formula is C70H80BN3. The molecular weight excluding hydrogens is 894 g/mol. The molecule has 12 rings (SSSR count). The summed E-state index contributed by atoms with van der Waals surface area (Å²) in [6, 6.07) is 55.8. The molecule has 0 aromatic heterocycles. The van der Waals surface area contributed by atoms with Crippen LogP contribution in [0.2, 0.25) is 0 Å². The summed E-state index contributed by atoms with van der Waals surface area (Å²) in [6.07, 6.45) is 7.08. The molecule has 5 aliphatic rings. The fourth-order valence-electron chi connectivity index (χ4n) is 14.4. The molecule has 2 atom stereocenters. The van der Waals surface area contributed by atoms with Crippen molar-refractivity contribution in [2.45, 2.75) is 180 Å². The first-order valence-corrected chi connectivity index (χ1v) is 28.1. The Morgan fingerprint density at radius 2 is 0.946 bits per heavy atom. The van der Waals surface area contributed by atoms with Crippen LogP contribution in [-0.2, 0) is 32.5 Å². The van der Waals surface area contributed by atoms with Crippen molar-refractivity contribution in [2.75, 3.05) is 14.7 Å². The average Bonchev–Trinajstić information content (AvgIpc) is 3.56. The van der Waals surface area contributed by atoms with Crippen LogP contribution in [0.25, 0.3) is 11.1 Å². The molecule has 74 heavy (non-hydrogen) atoms. The molecule has 3 nitrogen and oxygen atoms in total. The van der Waals surface area contributed by atoms with Crippen LogP contribution >= 0.6 is 0 Å². The number of hydrogen-bond donors (Lipinski definition) is 0. The van der Waals surface area contributed by atoms with E-state index in [-0.39, 0.29) is 44.7 Å². The molecule has 7 aromatic rings. The van der Waals surface area contributed by atoms with Crippen molar-refractivity contribution in [1.29, 1.82) is 0 Å². The topological polar surface area (TPSA) is 9.72 Å². The third-order valence-electron chi connectivity index (χ3n) is 19.3. The number of para-hydroxylation sites is 1. The van der Waals surface area contributed by atoms with Gasteiger partial charge in [-0.1, -0.05) is 189 Å². The predicted molar refractivity (Wildman–Crippen MR) is 320 cm³/mol. The Hall–Kier alpha value is -6.00. The number of anilines is 8. The average molecular weight is 974 g/mol. The maximum absolute atomic E-state index is 2.84. The minimum absolute atomic E-state index is 0.0230. The van der Waals surface area contributed by atoms with Crippen molar-refractivity contribution in [3.05, 3.63) is 173 Å². The van der Waals surface area contributed by atoms with Crippen molar-refractivity contribution in [2.24, 2.45) is 0 Å². The lowest BCUT2D eigenvalue weighted by molar-refractivity contribution is 0.195. The summed E-state index contributed by atoms with van der Waals surface area (Å²) in [7, 11) is 0. The zero-order valence-corrected chi connectivity index (χ0v) is 47.4. The summed E-state index contributed by atoms with van der Waals surface area (Å²) in [6.45, 7) is 36.3. The molecule has 1 saturated carbocycles. The van der Waals surface area contributed by atoms with Gasteiger partial charge in [-0.3, -0.25) is 0 Å². The minimum Gasteiger partial charge on any atom is -0.334 e. The van der Waals surface area contributed by atoms with Gasteiger partial charge in [-0.15, -0.1) is 0 Å². The Morgan fingerprint density at radius 3 is 1.59 bits per heavy atom. The molecule has 0 saturated heterocycles. The summed E-state index contributed by atoms with van der Waals surface area (Å²) in [5, 5.41) is 0. The summed E-state index contributed by atoms with van der Waals surface area (Å²) in [5.41, 5.74) is 25.4. The monoisotopic (exact) mass is 974 g/mol. The van der Waals surface area contributed by atoms with Crippen LogP contribution in [0.3, 0.4) is 0 Å². The van der Waals surface area contributed by atoms with E-state index in [2.05, 4.69) is 258 Å². The van der Waals surface area contributed by atoms with E-state index in [1.54, 1.807) is 0 Å². The molecule has 7 aromatic carbocycles. The molecule has 0 amide bonds. The van der Waals surface area contributed by atoms with Crippen LogP contribution in [0.15, 0.2) is 140 Å². The lowest BCUT2D eigenvalue weighted by Gasteiger charge is -2.51.